The van der Waals surface area contributed by atoms with Gasteiger partial charge in [0.1, 0.15) is 0 Å². The van der Waals surface area contributed by atoms with Crippen LogP contribution in [0.5, 0.6) is 0 Å². The van der Waals surface area contributed by atoms with Crippen LogP contribution in [-0.4, -0.2) is 4.98 Å². The van der Waals surface area contributed by atoms with Crippen molar-refractivity contribution >= 4 is 24.0 Å². The lowest BCUT2D eigenvalue weighted by atomic mass is 10.2. The standard InChI is InChI=1S/C8H9N.HI/c1-2-3-8-4-6-9-7-5-8;/h2,4-7H,1,3H2;1H. The minimum absolute atomic E-state index is 0. The van der Waals surface area contributed by atoms with Crippen molar-refractivity contribution in [1.82, 2.24) is 4.98 Å². The highest BCUT2D eigenvalue weighted by atomic mass is 127. The third-order valence-corrected chi connectivity index (χ3v) is 1.13. The summed E-state index contributed by atoms with van der Waals surface area (Å²) in [6.07, 6.45) is 6.40. The van der Waals surface area contributed by atoms with Gasteiger partial charge in [-0.1, -0.05) is 6.08 Å². The van der Waals surface area contributed by atoms with Crippen LogP contribution in [0.2, 0.25) is 0 Å². The van der Waals surface area contributed by atoms with Crippen LogP contribution in [0.15, 0.2) is 37.2 Å². The number of rotatable bonds is 2. The molecule has 0 N–H and O–H groups in total. The van der Waals surface area contributed by atoms with Gasteiger partial charge in [-0.15, -0.1) is 30.6 Å². The quantitative estimate of drug-likeness (QED) is 0.577. The molecule has 1 rings (SSSR count). The van der Waals surface area contributed by atoms with Crippen molar-refractivity contribution in [3.8, 4) is 0 Å². The molecule has 1 heterocycles. The van der Waals surface area contributed by atoms with E-state index in [0.29, 0.717) is 0 Å². The molecular weight excluding hydrogens is 237 g/mol. The van der Waals surface area contributed by atoms with E-state index in [-0.39, 0.29) is 24.0 Å². The summed E-state index contributed by atoms with van der Waals surface area (Å²) in [5, 5.41) is 0. The minimum Gasteiger partial charge on any atom is -0.265 e. The maximum atomic E-state index is 3.89. The first-order valence-corrected chi connectivity index (χ1v) is 2.93. The molecule has 1 aromatic rings. The van der Waals surface area contributed by atoms with Crippen molar-refractivity contribution < 1.29 is 0 Å². The van der Waals surface area contributed by atoms with Gasteiger partial charge in [0.05, 0.1) is 0 Å². The largest absolute Gasteiger partial charge is 0.265 e. The SMILES string of the molecule is C=CCc1ccncc1.I. The van der Waals surface area contributed by atoms with Crippen molar-refractivity contribution in [3.63, 3.8) is 0 Å². The Morgan fingerprint density at radius 2 is 2.00 bits per heavy atom. The Balaban J connectivity index is 0.000000810. The van der Waals surface area contributed by atoms with Gasteiger partial charge in [-0.25, -0.2) is 0 Å². The van der Waals surface area contributed by atoms with E-state index in [1.165, 1.54) is 5.56 Å². The van der Waals surface area contributed by atoms with Crippen LogP contribution in [0.1, 0.15) is 5.56 Å². The van der Waals surface area contributed by atoms with Crippen LogP contribution < -0.4 is 0 Å². The van der Waals surface area contributed by atoms with Gasteiger partial charge in [-0.3, -0.25) is 4.98 Å². The summed E-state index contributed by atoms with van der Waals surface area (Å²) in [6.45, 7) is 3.64. The number of pyridine rings is 1. The van der Waals surface area contributed by atoms with Crippen molar-refractivity contribution in [2.45, 2.75) is 6.42 Å². The molecule has 0 fully saturated rings. The van der Waals surface area contributed by atoms with E-state index in [0.717, 1.165) is 6.42 Å². The molecule has 0 unspecified atom stereocenters. The number of allylic oxidation sites excluding steroid dienone is 1. The monoisotopic (exact) mass is 247 g/mol. The summed E-state index contributed by atoms with van der Waals surface area (Å²) in [5.41, 5.74) is 1.26. The highest BCUT2D eigenvalue weighted by molar-refractivity contribution is 14.0. The molecule has 0 saturated carbocycles. The first-order valence-electron chi connectivity index (χ1n) is 2.93. The molecule has 0 aliphatic carbocycles. The Hall–Kier alpha value is -0.380. The number of halogens is 1. The van der Waals surface area contributed by atoms with Gasteiger partial charge < -0.3 is 0 Å². The molecule has 0 bridgehead atoms. The Bertz CT molecular complexity index is 184. The van der Waals surface area contributed by atoms with E-state index in [9.17, 15) is 0 Å². The first kappa shape index (κ1) is 9.62. The Morgan fingerprint density at radius 3 is 2.50 bits per heavy atom. The van der Waals surface area contributed by atoms with Gasteiger partial charge in [0.2, 0.25) is 0 Å². The zero-order valence-corrected chi connectivity index (χ0v) is 7.99. The maximum Gasteiger partial charge on any atom is 0.0270 e. The second-order valence-electron chi connectivity index (χ2n) is 1.85. The van der Waals surface area contributed by atoms with Gasteiger partial charge >= 0.3 is 0 Å². The molecule has 54 valence electrons. The first-order chi connectivity index (χ1) is 4.43. The molecule has 0 spiro atoms. The predicted octanol–water partition coefficient (Wildman–Crippen LogP) is 2.43. The second kappa shape index (κ2) is 5.41. The van der Waals surface area contributed by atoms with Gasteiger partial charge in [0.25, 0.3) is 0 Å². The van der Waals surface area contributed by atoms with Gasteiger partial charge in [-0.05, 0) is 24.1 Å². The van der Waals surface area contributed by atoms with E-state index in [4.69, 9.17) is 0 Å². The highest BCUT2D eigenvalue weighted by Crippen LogP contribution is 1.96. The molecule has 1 nitrogen and oxygen atoms in total. The summed E-state index contributed by atoms with van der Waals surface area (Å²) >= 11 is 0. The van der Waals surface area contributed by atoms with E-state index < -0.39 is 0 Å². The fraction of sp³-hybridized carbons (Fsp3) is 0.125. The molecule has 10 heavy (non-hydrogen) atoms. The zero-order valence-electron chi connectivity index (χ0n) is 5.66. The van der Waals surface area contributed by atoms with Crippen LogP contribution in [-0.2, 0) is 6.42 Å². The van der Waals surface area contributed by atoms with Crippen molar-refractivity contribution in [1.29, 1.82) is 0 Å². The lowest BCUT2D eigenvalue weighted by molar-refractivity contribution is 1.22. The molecule has 0 aliphatic rings. The molecule has 0 amide bonds. The lowest BCUT2D eigenvalue weighted by Gasteiger charge is -1.90. The number of aromatic nitrogens is 1. The average molecular weight is 247 g/mol. The van der Waals surface area contributed by atoms with Crippen molar-refractivity contribution in [2.75, 3.05) is 0 Å². The summed E-state index contributed by atoms with van der Waals surface area (Å²) in [4.78, 5) is 3.89. The lowest BCUT2D eigenvalue weighted by Crippen LogP contribution is -1.78. The van der Waals surface area contributed by atoms with Crippen molar-refractivity contribution in [2.24, 2.45) is 0 Å². The van der Waals surface area contributed by atoms with E-state index >= 15 is 0 Å². The van der Waals surface area contributed by atoms with Gasteiger partial charge in [0.15, 0.2) is 0 Å². The predicted molar refractivity (Wildman–Crippen MR) is 53.6 cm³/mol. The molecule has 0 atom stereocenters. The summed E-state index contributed by atoms with van der Waals surface area (Å²) in [6, 6.07) is 3.98. The number of nitrogens with zero attached hydrogens (tertiary/aromatic N) is 1. The van der Waals surface area contributed by atoms with Crippen LogP contribution >= 0.6 is 24.0 Å². The molecule has 0 aromatic carbocycles. The molecule has 0 radical (unpaired) electrons. The Labute approximate surface area is 78.2 Å². The molecule has 2 heteroatoms. The normalized spacial score (nSPS) is 8.00. The van der Waals surface area contributed by atoms with Gasteiger partial charge in [0, 0.05) is 12.4 Å². The highest BCUT2D eigenvalue weighted by Gasteiger charge is 1.82. The fourth-order valence-corrected chi connectivity index (χ4v) is 0.686. The minimum atomic E-state index is 0. The number of hydrogen-bond acceptors (Lipinski definition) is 1. The fourth-order valence-electron chi connectivity index (χ4n) is 0.686. The molecular formula is C8H10IN. The average Bonchev–Trinajstić information content (AvgIpc) is 1.91. The van der Waals surface area contributed by atoms with E-state index in [1.54, 1.807) is 12.4 Å². The summed E-state index contributed by atoms with van der Waals surface area (Å²) in [5.74, 6) is 0. The molecule has 0 aliphatic heterocycles. The van der Waals surface area contributed by atoms with Crippen LogP contribution in [0, 0.1) is 0 Å². The van der Waals surface area contributed by atoms with Crippen LogP contribution in [0.25, 0.3) is 0 Å². The zero-order chi connectivity index (χ0) is 6.53. The molecule has 1 aromatic heterocycles. The number of hydrogen-bond donors (Lipinski definition) is 0. The van der Waals surface area contributed by atoms with Crippen LogP contribution in [0.3, 0.4) is 0 Å². The Morgan fingerprint density at radius 1 is 1.40 bits per heavy atom. The van der Waals surface area contributed by atoms with E-state index in [1.807, 2.05) is 18.2 Å². The maximum absolute atomic E-state index is 3.89. The van der Waals surface area contributed by atoms with Crippen molar-refractivity contribution in [3.05, 3.63) is 42.7 Å². The summed E-state index contributed by atoms with van der Waals surface area (Å²) in [7, 11) is 0. The van der Waals surface area contributed by atoms with Gasteiger partial charge in [-0.2, -0.15) is 0 Å². The topological polar surface area (TPSA) is 12.9 Å². The second-order valence-corrected chi connectivity index (χ2v) is 1.85. The Kier molecular flexibility index (Phi) is 5.20. The third-order valence-electron chi connectivity index (χ3n) is 1.13. The molecule has 0 saturated heterocycles. The third kappa shape index (κ3) is 2.96. The summed E-state index contributed by atoms with van der Waals surface area (Å²) < 4.78 is 0. The van der Waals surface area contributed by atoms with E-state index in [2.05, 4.69) is 11.6 Å². The smallest absolute Gasteiger partial charge is 0.0270 e. The van der Waals surface area contributed by atoms with Crippen LogP contribution in [0.4, 0.5) is 0 Å².